The summed E-state index contributed by atoms with van der Waals surface area (Å²) in [6.07, 6.45) is 0. The van der Waals surface area contributed by atoms with Gasteiger partial charge in [0.15, 0.2) is 0 Å². The first-order valence-corrected chi connectivity index (χ1v) is 5.23. The number of carbonyl (C=O) groups excluding carboxylic acids is 1. The number of phenolic OH excluding ortho intramolecular Hbond substituents is 1. The Balaban J connectivity index is 2.74. The Kier molecular flexibility index (Phi) is 2.74. The Hall–Kier alpha value is -2.44. The monoisotopic (exact) mass is 248 g/mol. The molecule has 1 N–H and O–H groups in total. The highest BCUT2D eigenvalue weighted by Crippen LogP contribution is 2.27. The standard InChI is InChI=1S/C11H12N4O3/c1-6-12-10-8(15(6)13-18)4-7(5-9(10)16)11(17)14(2)3/h4-5,16H,1-3H3. The van der Waals surface area contributed by atoms with E-state index < -0.39 is 0 Å². The van der Waals surface area contributed by atoms with E-state index in [0.717, 1.165) is 4.68 Å². The average molecular weight is 248 g/mol. The number of hydrogen-bond donors (Lipinski definition) is 1. The number of nitroso groups, excluding NO2 is 1. The van der Waals surface area contributed by atoms with Gasteiger partial charge >= 0.3 is 0 Å². The SMILES string of the molecule is Cc1nc2c(O)cc(C(=O)N(C)C)cc2n1N=O. The molecule has 1 heterocycles. The van der Waals surface area contributed by atoms with E-state index in [0.29, 0.717) is 11.3 Å². The third kappa shape index (κ3) is 1.69. The molecule has 0 aliphatic carbocycles. The first-order chi connectivity index (χ1) is 8.45. The fraction of sp³-hybridized carbons (Fsp3) is 0.273. The quantitative estimate of drug-likeness (QED) is 0.811. The lowest BCUT2D eigenvalue weighted by Crippen LogP contribution is -2.21. The van der Waals surface area contributed by atoms with Crippen molar-refractivity contribution in [2.75, 3.05) is 14.1 Å². The van der Waals surface area contributed by atoms with E-state index in [1.165, 1.54) is 17.0 Å². The first kappa shape index (κ1) is 12.0. The molecule has 2 aromatic rings. The summed E-state index contributed by atoms with van der Waals surface area (Å²) < 4.78 is 1.04. The Bertz CT molecular complexity index is 645. The number of aromatic hydroxyl groups is 1. The molecular formula is C11H12N4O3. The molecule has 0 atom stereocenters. The lowest BCUT2D eigenvalue weighted by Gasteiger charge is -2.10. The van der Waals surface area contributed by atoms with E-state index in [1.807, 2.05) is 0 Å². The van der Waals surface area contributed by atoms with Crippen LogP contribution in [0.2, 0.25) is 0 Å². The number of aryl methyl sites for hydroxylation is 1. The van der Waals surface area contributed by atoms with Crippen LogP contribution in [-0.4, -0.2) is 39.7 Å². The lowest BCUT2D eigenvalue weighted by atomic mass is 10.1. The third-order valence-corrected chi connectivity index (χ3v) is 2.61. The molecule has 2 rings (SSSR count). The number of carbonyl (C=O) groups is 1. The number of benzene rings is 1. The van der Waals surface area contributed by atoms with Crippen molar-refractivity contribution >= 4 is 16.9 Å². The summed E-state index contributed by atoms with van der Waals surface area (Å²) in [5.74, 6) is -0.0727. The molecule has 1 aromatic carbocycles. The van der Waals surface area contributed by atoms with Crippen LogP contribution in [0, 0.1) is 11.8 Å². The summed E-state index contributed by atoms with van der Waals surface area (Å²) in [7, 11) is 3.20. The maximum Gasteiger partial charge on any atom is 0.253 e. The summed E-state index contributed by atoms with van der Waals surface area (Å²) in [4.78, 5) is 27.9. The van der Waals surface area contributed by atoms with Gasteiger partial charge in [-0.05, 0) is 19.1 Å². The van der Waals surface area contributed by atoms with Crippen molar-refractivity contribution in [3.63, 3.8) is 0 Å². The summed E-state index contributed by atoms with van der Waals surface area (Å²) in [5.41, 5.74) is 0.838. The zero-order valence-corrected chi connectivity index (χ0v) is 10.2. The molecule has 0 aliphatic rings. The number of fused-ring (bicyclic) bond motifs is 1. The van der Waals surface area contributed by atoms with Crippen LogP contribution in [0.4, 0.5) is 0 Å². The molecular weight excluding hydrogens is 236 g/mol. The minimum atomic E-state index is -0.275. The van der Waals surface area contributed by atoms with Gasteiger partial charge in [-0.15, -0.1) is 4.91 Å². The van der Waals surface area contributed by atoms with Gasteiger partial charge in [0.1, 0.15) is 22.6 Å². The van der Waals surface area contributed by atoms with Crippen LogP contribution in [0.5, 0.6) is 5.75 Å². The second-order valence-corrected chi connectivity index (χ2v) is 4.12. The van der Waals surface area contributed by atoms with Crippen molar-refractivity contribution in [3.05, 3.63) is 28.4 Å². The van der Waals surface area contributed by atoms with Gasteiger partial charge in [0.2, 0.25) is 0 Å². The molecule has 0 fully saturated rings. The molecule has 1 aromatic heterocycles. The van der Waals surface area contributed by atoms with Gasteiger partial charge in [0.25, 0.3) is 5.91 Å². The number of phenols is 1. The van der Waals surface area contributed by atoms with Crippen LogP contribution in [0.15, 0.2) is 17.4 Å². The Labute approximate surface area is 103 Å². The number of nitrogens with zero attached hydrogens (tertiary/aromatic N) is 4. The van der Waals surface area contributed by atoms with Gasteiger partial charge in [0, 0.05) is 19.7 Å². The van der Waals surface area contributed by atoms with E-state index in [4.69, 9.17) is 0 Å². The lowest BCUT2D eigenvalue weighted by molar-refractivity contribution is 0.0827. The van der Waals surface area contributed by atoms with Crippen molar-refractivity contribution in [3.8, 4) is 5.75 Å². The summed E-state index contributed by atoms with van der Waals surface area (Å²) >= 11 is 0. The smallest absolute Gasteiger partial charge is 0.253 e. The second kappa shape index (κ2) is 4.10. The first-order valence-electron chi connectivity index (χ1n) is 5.23. The minimum Gasteiger partial charge on any atom is -0.506 e. The summed E-state index contributed by atoms with van der Waals surface area (Å²) in [5, 5.41) is 12.6. The summed E-state index contributed by atoms with van der Waals surface area (Å²) in [6, 6.07) is 2.81. The molecule has 18 heavy (non-hydrogen) atoms. The molecule has 0 saturated heterocycles. The minimum absolute atomic E-state index is 0.150. The molecule has 0 bridgehead atoms. The van der Waals surface area contributed by atoms with Gasteiger partial charge < -0.3 is 10.0 Å². The topological polar surface area (TPSA) is 87.8 Å². The molecule has 1 amide bonds. The van der Waals surface area contributed by atoms with Gasteiger partial charge in [-0.25, -0.2) is 4.98 Å². The predicted octanol–water partition coefficient (Wildman–Crippen LogP) is 1.28. The van der Waals surface area contributed by atoms with Crippen LogP contribution in [0.25, 0.3) is 11.0 Å². The molecule has 0 radical (unpaired) electrons. The Morgan fingerprint density at radius 3 is 2.67 bits per heavy atom. The van der Waals surface area contributed by atoms with E-state index in [1.54, 1.807) is 21.0 Å². The number of hydrogen-bond acceptors (Lipinski definition) is 5. The van der Waals surface area contributed by atoms with Crippen LogP contribution >= 0.6 is 0 Å². The average Bonchev–Trinajstić information content (AvgIpc) is 2.64. The van der Waals surface area contributed by atoms with Crippen LogP contribution in [0.3, 0.4) is 0 Å². The van der Waals surface area contributed by atoms with Crippen molar-refractivity contribution in [1.82, 2.24) is 14.6 Å². The highest BCUT2D eigenvalue weighted by Gasteiger charge is 2.17. The molecule has 7 nitrogen and oxygen atoms in total. The Morgan fingerprint density at radius 2 is 2.11 bits per heavy atom. The van der Waals surface area contributed by atoms with E-state index in [2.05, 4.69) is 10.3 Å². The molecule has 7 heteroatoms. The van der Waals surface area contributed by atoms with Gasteiger partial charge in [-0.2, -0.15) is 4.68 Å². The number of rotatable bonds is 2. The van der Waals surface area contributed by atoms with Gasteiger partial charge in [-0.3, -0.25) is 4.79 Å². The van der Waals surface area contributed by atoms with Crippen molar-refractivity contribution in [1.29, 1.82) is 0 Å². The highest BCUT2D eigenvalue weighted by atomic mass is 16.3. The second-order valence-electron chi connectivity index (χ2n) is 4.12. The van der Waals surface area contributed by atoms with Crippen LogP contribution < -0.4 is 0 Å². The maximum absolute atomic E-state index is 11.8. The van der Waals surface area contributed by atoms with Gasteiger partial charge in [0.05, 0.1) is 5.29 Å². The van der Waals surface area contributed by atoms with E-state index >= 15 is 0 Å². The largest absolute Gasteiger partial charge is 0.506 e. The Morgan fingerprint density at radius 1 is 1.44 bits per heavy atom. The molecule has 94 valence electrons. The predicted molar refractivity (Wildman–Crippen MR) is 65.3 cm³/mol. The van der Waals surface area contributed by atoms with Gasteiger partial charge in [-0.1, -0.05) is 0 Å². The molecule has 0 unspecified atom stereocenters. The molecule has 0 aliphatic heterocycles. The molecule has 0 spiro atoms. The van der Waals surface area contributed by atoms with Crippen LogP contribution in [0.1, 0.15) is 16.2 Å². The number of amides is 1. The zero-order valence-electron chi connectivity index (χ0n) is 10.2. The van der Waals surface area contributed by atoms with E-state index in [-0.39, 0.29) is 22.7 Å². The van der Waals surface area contributed by atoms with Crippen molar-refractivity contribution in [2.45, 2.75) is 6.92 Å². The van der Waals surface area contributed by atoms with Crippen molar-refractivity contribution in [2.24, 2.45) is 5.29 Å². The van der Waals surface area contributed by atoms with Crippen LogP contribution in [-0.2, 0) is 0 Å². The normalized spacial score (nSPS) is 10.6. The molecule has 0 saturated carbocycles. The highest BCUT2D eigenvalue weighted by molar-refractivity contribution is 5.99. The number of imidazole rings is 1. The zero-order chi connectivity index (χ0) is 13.4. The van der Waals surface area contributed by atoms with Crippen molar-refractivity contribution < 1.29 is 9.90 Å². The maximum atomic E-state index is 11.8. The third-order valence-electron chi connectivity index (χ3n) is 2.61. The fourth-order valence-corrected chi connectivity index (χ4v) is 1.75. The van der Waals surface area contributed by atoms with E-state index in [9.17, 15) is 14.8 Å². The number of aromatic nitrogens is 2. The summed E-state index contributed by atoms with van der Waals surface area (Å²) in [6.45, 7) is 1.59. The fourth-order valence-electron chi connectivity index (χ4n) is 1.75.